The van der Waals surface area contributed by atoms with Gasteiger partial charge < -0.3 is 29.0 Å². The molecule has 31 heavy (non-hydrogen) atoms. The van der Waals surface area contributed by atoms with Gasteiger partial charge in [0.15, 0.2) is 23.0 Å². The van der Waals surface area contributed by atoms with Crippen molar-refractivity contribution < 1.29 is 24.1 Å². The Balaban J connectivity index is 1.97. The van der Waals surface area contributed by atoms with Crippen molar-refractivity contribution in [2.45, 2.75) is 6.92 Å². The standard InChI is InChI=1S/C24H24N2O5/c1-13-25-18-9-15(14-6-7-20(28-2)19(27)10-14)8-17(23(18)26-13)16-11-21(29-3)24(31-5)22(12-16)30-4/h6-12,27H,1-5H3,(H,25,26). The second kappa shape index (κ2) is 8.10. The van der Waals surface area contributed by atoms with Crippen LogP contribution in [0.3, 0.4) is 0 Å². The fraction of sp³-hybridized carbons (Fsp3) is 0.208. The lowest BCUT2D eigenvalue weighted by atomic mass is 9.96. The van der Waals surface area contributed by atoms with Gasteiger partial charge in [0.1, 0.15) is 5.82 Å². The summed E-state index contributed by atoms with van der Waals surface area (Å²) in [6, 6.07) is 13.2. The van der Waals surface area contributed by atoms with E-state index in [1.165, 1.54) is 7.11 Å². The second-order valence-electron chi connectivity index (χ2n) is 7.04. The minimum absolute atomic E-state index is 0.0789. The number of aromatic nitrogens is 2. The first-order chi connectivity index (χ1) is 15.0. The molecule has 0 atom stereocenters. The number of imidazole rings is 1. The lowest BCUT2D eigenvalue weighted by Crippen LogP contribution is -1.96. The fourth-order valence-electron chi connectivity index (χ4n) is 3.73. The number of nitrogens with one attached hydrogen (secondary N) is 1. The third kappa shape index (κ3) is 3.59. The second-order valence-corrected chi connectivity index (χ2v) is 7.04. The monoisotopic (exact) mass is 420 g/mol. The summed E-state index contributed by atoms with van der Waals surface area (Å²) in [5, 5.41) is 10.3. The Labute approximate surface area is 180 Å². The summed E-state index contributed by atoms with van der Waals surface area (Å²) in [5.74, 6) is 2.95. The van der Waals surface area contributed by atoms with Crippen molar-refractivity contribution in [3.63, 3.8) is 0 Å². The minimum Gasteiger partial charge on any atom is -0.504 e. The van der Waals surface area contributed by atoms with Gasteiger partial charge in [0.2, 0.25) is 5.75 Å². The Morgan fingerprint density at radius 2 is 1.42 bits per heavy atom. The molecular formula is C24H24N2O5. The van der Waals surface area contributed by atoms with Crippen molar-refractivity contribution in [1.29, 1.82) is 0 Å². The highest BCUT2D eigenvalue weighted by atomic mass is 16.5. The SMILES string of the molecule is COc1ccc(-c2cc(-c3cc(OC)c(OC)c(OC)c3)c3nc(C)[nH]c3c2)cc1O. The van der Waals surface area contributed by atoms with Crippen LogP contribution in [0.1, 0.15) is 5.82 Å². The number of methoxy groups -OCH3 is 4. The van der Waals surface area contributed by atoms with Crippen LogP contribution in [-0.2, 0) is 0 Å². The maximum Gasteiger partial charge on any atom is 0.203 e. The van der Waals surface area contributed by atoms with Crippen molar-refractivity contribution in [3.8, 4) is 51.0 Å². The minimum atomic E-state index is 0.0789. The topological polar surface area (TPSA) is 85.8 Å². The van der Waals surface area contributed by atoms with E-state index < -0.39 is 0 Å². The number of phenols is 1. The van der Waals surface area contributed by atoms with E-state index in [4.69, 9.17) is 18.9 Å². The number of phenolic OH excluding ortho intramolecular Hbond substituents is 1. The molecule has 0 aliphatic heterocycles. The molecule has 4 rings (SSSR count). The van der Waals surface area contributed by atoms with Gasteiger partial charge in [-0.1, -0.05) is 6.07 Å². The van der Waals surface area contributed by atoms with Crippen molar-refractivity contribution in [2.24, 2.45) is 0 Å². The molecule has 160 valence electrons. The summed E-state index contributed by atoms with van der Waals surface area (Å²) in [4.78, 5) is 8.00. The largest absolute Gasteiger partial charge is 0.504 e. The summed E-state index contributed by atoms with van der Waals surface area (Å²) < 4.78 is 21.7. The lowest BCUT2D eigenvalue weighted by molar-refractivity contribution is 0.324. The molecule has 3 aromatic carbocycles. The van der Waals surface area contributed by atoms with Gasteiger partial charge in [0.25, 0.3) is 0 Å². The van der Waals surface area contributed by atoms with E-state index in [9.17, 15) is 5.11 Å². The van der Waals surface area contributed by atoms with E-state index >= 15 is 0 Å². The summed E-state index contributed by atoms with van der Waals surface area (Å²) in [5.41, 5.74) is 5.23. The average Bonchev–Trinajstić information content (AvgIpc) is 3.17. The number of benzene rings is 3. The van der Waals surface area contributed by atoms with Crippen LogP contribution in [0.5, 0.6) is 28.7 Å². The molecule has 0 amide bonds. The molecule has 0 saturated carbocycles. The van der Waals surface area contributed by atoms with Crippen molar-refractivity contribution in [1.82, 2.24) is 9.97 Å². The Hall–Kier alpha value is -3.87. The Bertz CT molecular complexity index is 1240. The van der Waals surface area contributed by atoms with Gasteiger partial charge in [0, 0.05) is 5.56 Å². The van der Waals surface area contributed by atoms with E-state index in [0.717, 1.165) is 39.1 Å². The molecule has 7 heteroatoms. The van der Waals surface area contributed by atoms with Crippen LogP contribution in [0.15, 0.2) is 42.5 Å². The normalized spacial score (nSPS) is 10.9. The molecule has 0 bridgehead atoms. The molecule has 0 aliphatic carbocycles. The van der Waals surface area contributed by atoms with Gasteiger partial charge in [0.05, 0.1) is 39.5 Å². The number of ether oxygens (including phenoxy) is 4. The highest BCUT2D eigenvalue weighted by Crippen LogP contribution is 2.43. The van der Waals surface area contributed by atoms with Crippen LogP contribution >= 0.6 is 0 Å². The van der Waals surface area contributed by atoms with E-state index in [0.29, 0.717) is 23.0 Å². The lowest BCUT2D eigenvalue weighted by Gasteiger charge is -2.15. The zero-order valence-corrected chi connectivity index (χ0v) is 18.1. The van der Waals surface area contributed by atoms with Crippen LogP contribution in [0.4, 0.5) is 0 Å². The number of fused-ring (bicyclic) bond motifs is 1. The van der Waals surface area contributed by atoms with E-state index in [1.807, 2.05) is 37.3 Å². The summed E-state index contributed by atoms with van der Waals surface area (Å²) in [6.07, 6.45) is 0. The molecule has 4 aromatic rings. The molecular weight excluding hydrogens is 396 g/mol. The molecule has 0 aliphatic rings. The summed E-state index contributed by atoms with van der Waals surface area (Å²) in [6.45, 7) is 1.91. The molecule has 1 heterocycles. The molecule has 0 radical (unpaired) electrons. The number of rotatable bonds is 6. The van der Waals surface area contributed by atoms with Crippen molar-refractivity contribution in [3.05, 3.63) is 48.3 Å². The maximum absolute atomic E-state index is 10.3. The first-order valence-electron chi connectivity index (χ1n) is 9.67. The smallest absolute Gasteiger partial charge is 0.203 e. The fourth-order valence-corrected chi connectivity index (χ4v) is 3.73. The highest BCUT2D eigenvalue weighted by Gasteiger charge is 2.18. The third-order valence-corrected chi connectivity index (χ3v) is 5.19. The number of aryl methyl sites for hydroxylation is 1. The van der Waals surface area contributed by atoms with Gasteiger partial charge in [-0.15, -0.1) is 0 Å². The van der Waals surface area contributed by atoms with Crippen molar-refractivity contribution >= 4 is 11.0 Å². The molecule has 2 N–H and O–H groups in total. The molecule has 0 saturated heterocycles. The zero-order chi connectivity index (χ0) is 22.1. The van der Waals surface area contributed by atoms with E-state index in [1.54, 1.807) is 33.5 Å². The van der Waals surface area contributed by atoms with Crippen LogP contribution in [0, 0.1) is 6.92 Å². The van der Waals surface area contributed by atoms with Gasteiger partial charge in [-0.3, -0.25) is 0 Å². The zero-order valence-electron chi connectivity index (χ0n) is 18.1. The van der Waals surface area contributed by atoms with Crippen LogP contribution in [0.25, 0.3) is 33.3 Å². The molecule has 1 aromatic heterocycles. The Morgan fingerprint density at radius 3 is 2.00 bits per heavy atom. The number of aromatic hydroxyl groups is 1. The van der Waals surface area contributed by atoms with E-state index in [-0.39, 0.29) is 5.75 Å². The average molecular weight is 420 g/mol. The van der Waals surface area contributed by atoms with Crippen LogP contribution in [-0.4, -0.2) is 43.5 Å². The first-order valence-corrected chi connectivity index (χ1v) is 9.67. The van der Waals surface area contributed by atoms with Gasteiger partial charge in [-0.05, 0) is 60.0 Å². The Kier molecular flexibility index (Phi) is 5.33. The van der Waals surface area contributed by atoms with Gasteiger partial charge >= 0.3 is 0 Å². The third-order valence-electron chi connectivity index (χ3n) is 5.19. The number of aromatic amines is 1. The number of hydrogen-bond donors (Lipinski definition) is 2. The first kappa shape index (κ1) is 20.4. The van der Waals surface area contributed by atoms with Gasteiger partial charge in [-0.2, -0.15) is 0 Å². The maximum atomic E-state index is 10.3. The summed E-state index contributed by atoms with van der Waals surface area (Å²) in [7, 11) is 6.28. The highest BCUT2D eigenvalue weighted by molar-refractivity contribution is 5.97. The van der Waals surface area contributed by atoms with E-state index in [2.05, 4.69) is 9.97 Å². The molecule has 0 spiro atoms. The predicted molar refractivity (Wildman–Crippen MR) is 120 cm³/mol. The molecule has 0 unspecified atom stereocenters. The molecule has 7 nitrogen and oxygen atoms in total. The number of nitrogens with zero attached hydrogens (tertiary/aromatic N) is 1. The number of hydrogen-bond acceptors (Lipinski definition) is 6. The van der Waals surface area contributed by atoms with Crippen LogP contribution in [0.2, 0.25) is 0 Å². The quantitative estimate of drug-likeness (QED) is 0.459. The van der Waals surface area contributed by atoms with Crippen LogP contribution < -0.4 is 18.9 Å². The Morgan fingerprint density at radius 1 is 0.742 bits per heavy atom. The molecule has 0 fully saturated rings. The summed E-state index contributed by atoms with van der Waals surface area (Å²) >= 11 is 0. The van der Waals surface area contributed by atoms with Gasteiger partial charge in [-0.25, -0.2) is 4.98 Å². The van der Waals surface area contributed by atoms with Crippen molar-refractivity contribution in [2.75, 3.05) is 28.4 Å². The predicted octanol–water partition coefficient (Wildman–Crippen LogP) is 4.95. The number of H-pyrrole nitrogens is 1.